The molecular weight excluding hydrogens is 298 g/mol. The lowest BCUT2D eigenvalue weighted by atomic mass is 10.1. The molecule has 3 rings (SSSR count). The molecule has 0 aromatic heterocycles. The van der Waals surface area contributed by atoms with Gasteiger partial charge in [0.05, 0.1) is 6.04 Å². The SMILES string of the molecule is Fc1cc(F)cc(OCC(c2ccccc2)N2CCNCC2)c1. The lowest BCUT2D eigenvalue weighted by molar-refractivity contribution is 0.120. The molecule has 1 saturated heterocycles. The molecule has 0 aliphatic carbocycles. The van der Waals surface area contributed by atoms with E-state index in [0.29, 0.717) is 6.61 Å². The molecule has 1 aliphatic heterocycles. The highest BCUT2D eigenvalue weighted by atomic mass is 19.1. The molecule has 0 amide bonds. The molecular formula is C18H20F2N2O. The van der Waals surface area contributed by atoms with E-state index in [-0.39, 0.29) is 11.8 Å². The predicted molar refractivity (Wildman–Crippen MR) is 85.5 cm³/mol. The van der Waals surface area contributed by atoms with E-state index >= 15 is 0 Å². The fourth-order valence-corrected chi connectivity index (χ4v) is 2.87. The van der Waals surface area contributed by atoms with E-state index in [0.717, 1.165) is 37.8 Å². The topological polar surface area (TPSA) is 24.5 Å². The van der Waals surface area contributed by atoms with Gasteiger partial charge >= 0.3 is 0 Å². The summed E-state index contributed by atoms with van der Waals surface area (Å²) in [6.07, 6.45) is 0. The predicted octanol–water partition coefficient (Wildman–Crippen LogP) is 2.99. The van der Waals surface area contributed by atoms with Gasteiger partial charge in [-0.25, -0.2) is 8.78 Å². The van der Waals surface area contributed by atoms with Gasteiger partial charge in [0.2, 0.25) is 0 Å². The molecule has 0 bridgehead atoms. The van der Waals surface area contributed by atoms with Crippen molar-refractivity contribution in [3.05, 3.63) is 65.7 Å². The fraction of sp³-hybridized carbons (Fsp3) is 0.333. The second kappa shape index (κ2) is 7.53. The molecule has 23 heavy (non-hydrogen) atoms. The van der Waals surface area contributed by atoms with Crippen LogP contribution in [0.15, 0.2) is 48.5 Å². The molecule has 5 heteroatoms. The van der Waals surface area contributed by atoms with Gasteiger partial charge < -0.3 is 10.1 Å². The van der Waals surface area contributed by atoms with Crippen LogP contribution in [0, 0.1) is 11.6 Å². The summed E-state index contributed by atoms with van der Waals surface area (Å²) >= 11 is 0. The molecule has 122 valence electrons. The Labute approximate surface area is 134 Å². The van der Waals surface area contributed by atoms with Crippen LogP contribution in [-0.2, 0) is 0 Å². The van der Waals surface area contributed by atoms with Crippen LogP contribution in [0.1, 0.15) is 11.6 Å². The maximum atomic E-state index is 13.3. The van der Waals surface area contributed by atoms with Crippen LogP contribution >= 0.6 is 0 Å². The molecule has 1 atom stereocenters. The monoisotopic (exact) mass is 318 g/mol. The van der Waals surface area contributed by atoms with Crippen molar-refractivity contribution in [2.75, 3.05) is 32.8 Å². The van der Waals surface area contributed by atoms with Crippen molar-refractivity contribution in [3.63, 3.8) is 0 Å². The van der Waals surface area contributed by atoms with Crippen molar-refractivity contribution in [2.24, 2.45) is 0 Å². The third-order valence-corrected chi connectivity index (χ3v) is 4.02. The molecule has 0 saturated carbocycles. The Hall–Kier alpha value is -1.98. The molecule has 0 radical (unpaired) electrons. The van der Waals surface area contributed by atoms with E-state index in [1.54, 1.807) is 0 Å². The number of ether oxygens (including phenoxy) is 1. The van der Waals surface area contributed by atoms with E-state index in [9.17, 15) is 8.78 Å². The van der Waals surface area contributed by atoms with Gasteiger partial charge in [0.25, 0.3) is 0 Å². The molecule has 1 unspecified atom stereocenters. The number of benzene rings is 2. The zero-order valence-electron chi connectivity index (χ0n) is 12.8. The van der Waals surface area contributed by atoms with Gasteiger partial charge in [-0.05, 0) is 5.56 Å². The molecule has 3 nitrogen and oxygen atoms in total. The summed E-state index contributed by atoms with van der Waals surface area (Å²) < 4.78 is 32.3. The third-order valence-electron chi connectivity index (χ3n) is 4.02. The standard InChI is InChI=1S/C18H20F2N2O/c19-15-10-16(20)12-17(11-15)23-13-18(14-4-2-1-3-5-14)22-8-6-21-7-9-22/h1-5,10-12,18,21H,6-9,13H2. The first-order chi connectivity index (χ1) is 11.2. The van der Waals surface area contributed by atoms with Crippen LogP contribution in [0.25, 0.3) is 0 Å². The van der Waals surface area contributed by atoms with Crippen molar-refractivity contribution < 1.29 is 13.5 Å². The van der Waals surface area contributed by atoms with Crippen molar-refractivity contribution in [2.45, 2.75) is 6.04 Å². The Bertz CT molecular complexity index is 610. The molecule has 1 N–H and O–H groups in total. The first-order valence-electron chi connectivity index (χ1n) is 7.81. The van der Waals surface area contributed by atoms with Gasteiger partial charge in [0, 0.05) is 44.4 Å². The summed E-state index contributed by atoms with van der Waals surface area (Å²) in [4.78, 5) is 2.33. The Kier molecular flexibility index (Phi) is 5.20. The second-order valence-electron chi connectivity index (χ2n) is 5.63. The number of piperazine rings is 1. The van der Waals surface area contributed by atoms with Crippen molar-refractivity contribution in [1.29, 1.82) is 0 Å². The average Bonchev–Trinajstić information content (AvgIpc) is 2.56. The maximum absolute atomic E-state index is 13.3. The van der Waals surface area contributed by atoms with Gasteiger partial charge in [-0.2, -0.15) is 0 Å². The van der Waals surface area contributed by atoms with Crippen LogP contribution in [-0.4, -0.2) is 37.7 Å². The normalized spacial score (nSPS) is 17.0. The Morgan fingerprint density at radius 2 is 1.65 bits per heavy atom. The maximum Gasteiger partial charge on any atom is 0.129 e. The zero-order chi connectivity index (χ0) is 16.1. The summed E-state index contributed by atoms with van der Waals surface area (Å²) in [5, 5.41) is 3.33. The third kappa shape index (κ3) is 4.27. The van der Waals surface area contributed by atoms with Gasteiger partial charge in [0.1, 0.15) is 24.0 Å². The number of hydrogen-bond donors (Lipinski definition) is 1. The van der Waals surface area contributed by atoms with E-state index in [1.807, 2.05) is 18.2 Å². The summed E-state index contributed by atoms with van der Waals surface area (Å²) in [6, 6.07) is 13.4. The van der Waals surface area contributed by atoms with Crippen LogP contribution in [0.2, 0.25) is 0 Å². The Morgan fingerprint density at radius 1 is 1.00 bits per heavy atom. The van der Waals surface area contributed by atoms with Crippen molar-refractivity contribution >= 4 is 0 Å². The van der Waals surface area contributed by atoms with Crippen LogP contribution in [0.4, 0.5) is 8.78 Å². The van der Waals surface area contributed by atoms with Gasteiger partial charge in [-0.15, -0.1) is 0 Å². The molecule has 1 heterocycles. The summed E-state index contributed by atoms with van der Waals surface area (Å²) in [5.74, 6) is -1.03. The molecule has 1 fully saturated rings. The largest absolute Gasteiger partial charge is 0.491 e. The highest BCUT2D eigenvalue weighted by molar-refractivity contribution is 5.25. The average molecular weight is 318 g/mol. The fourth-order valence-electron chi connectivity index (χ4n) is 2.87. The van der Waals surface area contributed by atoms with Crippen LogP contribution < -0.4 is 10.1 Å². The quantitative estimate of drug-likeness (QED) is 0.917. The van der Waals surface area contributed by atoms with E-state index < -0.39 is 11.6 Å². The number of nitrogens with zero attached hydrogens (tertiary/aromatic N) is 1. The number of rotatable bonds is 5. The van der Waals surface area contributed by atoms with E-state index in [4.69, 9.17) is 4.74 Å². The van der Waals surface area contributed by atoms with Crippen LogP contribution in [0.5, 0.6) is 5.75 Å². The van der Waals surface area contributed by atoms with E-state index in [2.05, 4.69) is 22.3 Å². The van der Waals surface area contributed by atoms with Gasteiger partial charge in [-0.3, -0.25) is 4.90 Å². The zero-order valence-corrected chi connectivity index (χ0v) is 12.8. The van der Waals surface area contributed by atoms with Crippen LogP contribution in [0.3, 0.4) is 0 Å². The van der Waals surface area contributed by atoms with Gasteiger partial charge in [0.15, 0.2) is 0 Å². The van der Waals surface area contributed by atoms with E-state index in [1.165, 1.54) is 12.1 Å². The minimum atomic E-state index is -0.626. The second-order valence-corrected chi connectivity index (χ2v) is 5.63. The molecule has 0 spiro atoms. The molecule has 1 aliphatic rings. The summed E-state index contributed by atoms with van der Waals surface area (Å²) in [6.45, 7) is 4.05. The van der Waals surface area contributed by atoms with Crippen molar-refractivity contribution in [1.82, 2.24) is 10.2 Å². The number of nitrogens with one attached hydrogen (secondary N) is 1. The lowest BCUT2D eigenvalue weighted by Crippen LogP contribution is -2.46. The number of halogens is 2. The number of hydrogen-bond acceptors (Lipinski definition) is 3. The first kappa shape index (κ1) is 15.9. The Morgan fingerprint density at radius 3 is 2.30 bits per heavy atom. The van der Waals surface area contributed by atoms with Gasteiger partial charge in [-0.1, -0.05) is 30.3 Å². The molecule has 2 aromatic carbocycles. The summed E-state index contributed by atoms with van der Waals surface area (Å²) in [5.41, 5.74) is 1.14. The lowest BCUT2D eigenvalue weighted by Gasteiger charge is -2.35. The minimum Gasteiger partial charge on any atom is -0.491 e. The summed E-state index contributed by atoms with van der Waals surface area (Å²) in [7, 11) is 0. The highest BCUT2D eigenvalue weighted by Gasteiger charge is 2.22. The minimum absolute atomic E-state index is 0.0598. The molecule has 2 aromatic rings. The smallest absolute Gasteiger partial charge is 0.129 e. The highest BCUT2D eigenvalue weighted by Crippen LogP contribution is 2.23. The van der Waals surface area contributed by atoms with Crippen molar-refractivity contribution in [3.8, 4) is 5.75 Å². The Balaban J connectivity index is 1.75. The first-order valence-corrected chi connectivity index (χ1v) is 7.81.